The van der Waals surface area contributed by atoms with Gasteiger partial charge in [-0.3, -0.25) is 0 Å². The molecule has 0 saturated carbocycles. The largest absolute Gasteiger partial charge is 0.380 e. The molecule has 100 valence electrons. The van der Waals surface area contributed by atoms with Gasteiger partial charge in [0.1, 0.15) is 10.7 Å². The maximum absolute atomic E-state index is 12.3. The monoisotopic (exact) mass is 272 g/mol. The lowest BCUT2D eigenvalue weighted by Gasteiger charge is -2.19. The summed E-state index contributed by atoms with van der Waals surface area (Å²) in [7, 11) is -3.49. The fraction of sp³-hybridized carbons (Fsp3) is 0.500. The lowest BCUT2D eigenvalue weighted by atomic mass is 10.5. The number of sulfonamides is 1. The van der Waals surface area contributed by atoms with E-state index in [9.17, 15) is 8.42 Å². The van der Waals surface area contributed by atoms with Crippen molar-refractivity contribution in [2.45, 2.75) is 11.3 Å². The van der Waals surface area contributed by atoms with E-state index in [1.54, 1.807) is 0 Å². The van der Waals surface area contributed by atoms with Gasteiger partial charge < -0.3 is 10.2 Å². The second-order valence-corrected chi connectivity index (χ2v) is 5.83. The van der Waals surface area contributed by atoms with Crippen LogP contribution in [-0.2, 0) is 14.8 Å². The minimum atomic E-state index is -3.49. The zero-order valence-electron chi connectivity index (χ0n) is 9.87. The molecule has 1 aliphatic heterocycles. The van der Waals surface area contributed by atoms with Crippen molar-refractivity contribution in [2.75, 3.05) is 31.7 Å². The van der Waals surface area contributed by atoms with Crippen molar-refractivity contribution < 1.29 is 13.2 Å². The van der Waals surface area contributed by atoms with E-state index in [1.807, 2.05) is 0 Å². The van der Waals surface area contributed by atoms with Crippen LogP contribution in [0.25, 0.3) is 0 Å². The topological polar surface area (TPSA) is 97.5 Å². The van der Waals surface area contributed by atoms with Crippen LogP contribution in [0.1, 0.15) is 6.42 Å². The Hall–Kier alpha value is -1.22. The molecule has 1 aromatic heterocycles. The predicted molar refractivity (Wildman–Crippen MR) is 66.2 cm³/mol. The normalized spacial score (nSPS) is 18.3. The van der Waals surface area contributed by atoms with Crippen LogP contribution in [0.4, 0.5) is 5.82 Å². The number of pyridine rings is 1. The molecule has 3 N–H and O–H groups in total. The summed E-state index contributed by atoms with van der Waals surface area (Å²) in [5, 5.41) is 0. The molecule has 1 fully saturated rings. The zero-order chi connectivity index (χ0) is 13.0. The fourth-order valence-corrected chi connectivity index (χ4v) is 3.14. The third-order valence-electron chi connectivity index (χ3n) is 2.70. The number of nitrogens with zero attached hydrogens (tertiary/aromatic N) is 2. The Balaban J connectivity index is 2.22. The van der Waals surface area contributed by atoms with Crippen LogP contribution in [-0.4, -0.2) is 44.0 Å². The number of hydrogen-bond acceptors (Lipinski definition) is 6. The highest BCUT2D eigenvalue weighted by Crippen LogP contribution is 2.17. The highest BCUT2D eigenvalue weighted by atomic mass is 32.2. The van der Waals surface area contributed by atoms with Crippen molar-refractivity contribution in [3.63, 3.8) is 0 Å². The number of anilines is 1. The SMILES string of the molecule is NNc1ccc(S(=O)(=O)N2CCCOCC2)cn1. The van der Waals surface area contributed by atoms with Gasteiger partial charge in [0.15, 0.2) is 0 Å². The first kappa shape index (κ1) is 13.2. The molecule has 0 amide bonds. The number of rotatable bonds is 3. The Kier molecular flexibility index (Phi) is 4.12. The standard InChI is InChI=1S/C10H16N4O3S/c11-13-10-3-2-9(8-12-10)18(15,16)14-4-1-6-17-7-5-14/h2-3,8H,1,4-7,11H2,(H,12,13). The summed E-state index contributed by atoms with van der Waals surface area (Å²) in [6, 6.07) is 3.02. The van der Waals surface area contributed by atoms with Crippen molar-refractivity contribution in [3.8, 4) is 0 Å². The van der Waals surface area contributed by atoms with E-state index in [1.165, 1.54) is 22.6 Å². The van der Waals surface area contributed by atoms with E-state index in [4.69, 9.17) is 10.6 Å². The van der Waals surface area contributed by atoms with Crippen LogP contribution in [0.15, 0.2) is 23.2 Å². The summed E-state index contributed by atoms with van der Waals surface area (Å²) >= 11 is 0. The quantitative estimate of drug-likeness (QED) is 0.583. The van der Waals surface area contributed by atoms with Gasteiger partial charge in [0, 0.05) is 25.9 Å². The first-order valence-corrected chi connectivity index (χ1v) is 7.09. The van der Waals surface area contributed by atoms with Crippen LogP contribution in [0.3, 0.4) is 0 Å². The number of nitrogens with two attached hydrogens (primary N) is 1. The minimum absolute atomic E-state index is 0.170. The molecule has 2 rings (SSSR count). The van der Waals surface area contributed by atoms with Crippen LogP contribution in [0, 0.1) is 0 Å². The molecule has 1 aromatic rings. The van der Waals surface area contributed by atoms with E-state index in [0.717, 1.165) is 0 Å². The molecular weight excluding hydrogens is 256 g/mol. The summed E-state index contributed by atoms with van der Waals surface area (Å²) < 4.78 is 31.3. The van der Waals surface area contributed by atoms with Gasteiger partial charge >= 0.3 is 0 Å². The molecule has 1 aliphatic rings. The van der Waals surface area contributed by atoms with Gasteiger partial charge in [-0.05, 0) is 18.6 Å². The number of nitrogen functional groups attached to an aromatic ring is 1. The Morgan fingerprint density at radius 3 is 2.83 bits per heavy atom. The van der Waals surface area contributed by atoms with Gasteiger partial charge in [-0.25, -0.2) is 19.2 Å². The molecule has 2 heterocycles. The average Bonchev–Trinajstić information content (AvgIpc) is 2.68. The van der Waals surface area contributed by atoms with Crippen LogP contribution in [0.2, 0.25) is 0 Å². The van der Waals surface area contributed by atoms with Gasteiger partial charge in [-0.1, -0.05) is 0 Å². The Labute approximate surface area is 106 Å². The van der Waals surface area contributed by atoms with E-state index >= 15 is 0 Å². The van der Waals surface area contributed by atoms with E-state index in [-0.39, 0.29) is 4.90 Å². The molecule has 7 nitrogen and oxygen atoms in total. The molecule has 1 saturated heterocycles. The minimum Gasteiger partial charge on any atom is -0.380 e. The van der Waals surface area contributed by atoms with Crippen molar-refractivity contribution in [1.82, 2.24) is 9.29 Å². The highest BCUT2D eigenvalue weighted by Gasteiger charge is 2.25. The van der Waals surface area contributed by atoms with Crippen molar-refractivity contribution in [1.29, 1.82) is 0 Å². The molecular formula is C10H16N4O3S. The molecule has 8 heteroatoms. The Morgan fingerprint density at radius 2 is 2.17 bits per heavy atom. The molecule has 0 unspecified atom stereocenters. The zero-order valence-corrected chi connectivity index (χ0v) is 10.7. The van der Waals surface area contributed by atoms with Gasteiger partial charge in [-0.15, -0.1) is 0 Å². The van der Waals surface area contributed by atoms with Crippen molar-refractivity contribution in [3.05, 3.63) is 18.3 Å². The lowest BCUT2D eigenvalue weighted by Crippen LogP contribution is -2.33. The average molecular weight is 272 g/mol. The highest BCUT2D eigenvalue weighted by molar-refractivity contribution is 7.89. The molecule has 0 aromatic carbocycles. The van der Waals surface area contributed by atoms with E-state index < -0.39 is 10.0 Å². The van der Waals surface area contributed by atoms with Gasteiger partial charge in [0.05, 0.1) is 6.61 Å². The number of ether oxygens (including phenoxy) is 1. The van der Waals surface area contributed by atoms with Crippen molar-refractivity contribution in [2.24, 2.45) is 5.84 Å². The summed E-state index contributed by atoms with van der Waals surface area (Å²) in [5.74, 6) is 5.61. The molecule has 0 atom stereocenters. The molecule has 18 heavy (non-hydrogen) atoms. The number of nitrogens with one attached hydrogen (secondary N) is 1. The lowest BCUT2D eigenvalue weighted by molar-refractivity contribution is 0.148. The molecule has 0 spiro atoms. The predicted octanol–water partition coefficient (Wildman–Crippen LogP) is -0.222. The third kappa shape index (κ3) is 2.78. The van der Waals surface area contributed by atoms with Crippen molar-refractivity contribution >= 4 is 15.8 Å². The number of hydrazine groups is 1. The van der Waals surface area contributed by atoms with Gasteiger partial charge in [-0.2, -0.15) is 4.31 Å². The van der Waals surface area contributed by atoms with Gasteiger partial charge in [0.2, 0.25) is 10.0 Å². The molecule has 0 bridgehead atoms. The summed E-state index contributed by atoms with van der Waals surface area (Å²) in [6.07, 6.45) is 2.01. The van der Waals surface area contributed by atoms with E-state index in [0.29, 0.717) is 38.5 Å². The number of hydrogen-bond donors (Lipinski definition) is 2. The third-order valence-corrected chi connectivity index (χ3v) is 4.59. The molecule has 0 radical (unpaired) electrons. The van der Waals surface area contributed by atoms with E-state index in [2.05, 4.69) is 10.4 Å². The number of aromatic nitrogens is 1. The summed E-state index contributed by atoms with van der Waals surface area (Å²) in [5.41, 5.74) is 2.36. The Morgan fingerprint density at radius 1 is 1.33 bits per heavy atom. The first-order chi connectivity index (χ1) is 8.64. The second kappa shape index (κ2) is 5.61. The maximum Gasteiger partial charge on any atom is 0.244 e. The van der Waals surface area contributed by atoms with Crippen LogP contribution < -0.4 is 11.3 Å². The fourth-order valence-electron chi connectivity index (χ4n) is 1.73. The molecule has 0 aliphatic carbocycles. The van der Waals surface area contributed by atoms with Gasteiger partial charge in [0.25, 0.3) is 0 Å². The smallest absolute Gasteiger partial charge is 0.244 e. The van der Waals surface area contributed by atoms with Crippen LogP contribution in [0.5, 0.6) is 0 Å². The Bertz CT molecular complexity index is 480. The maximum atomic E-state index is 12.3. The van der Waals surface area contributed by atoms with Crippen LogP contribution >= 0.6 is 0 Å². The summed E-state index contributed by atoms with van der Waals surface area (Å²) in [4.78, 5) is 4.08. The first-order valence-electron chi connectivity index (χ1n) is 5.65. The summed E-state index contributed by atoms with van der Waals surface area (Å²) in [6.45, 7) is 1.87. The second-order valence-electron chi connectivity index (χ2n) is 3.89.